The van der Waals surface area contributed by atoms with Crippen LogP contribution in [0.25, 0.3) is 0 Å². The molecule has 0 unspecified atom stereocenters. The first kappa shape index (κ1) is 27.0. The molecule has 0 aliphatic heterocycles. The molecule has 0 amide bonds. The van der Waals surface area contributed by atoms with Crippen LogP contribution in [0.3, 0.4) is 0 Å². The zero-order valence-corrected chi connectivity index (χ0v) is 21.8. The molecule has 9 nitrogen and oxygen atoms in total. The van der Waals surface area contributed by atoms with E-state index in [-0.39, 0.29) is 35.0 Å². The summed E-state index contributed by atoms with van der Waals surface area (Å²) in [6, 6.07) is 16.3. The Morgan fingerprint density at radius 2 is 1.29 bits per heavy atom. The summed E-state index contributed by atoms with van der Waals surface area (Å²) in [7, 11) is -7.27. The van der Waals surface area contributed by atoms with E-state index in [1.165, 1.54) is 0 Å². The molecule has 3 aromatic rings. The molecule has 1 heterocycles. The van der Waals surface area contributed by atoms with E-state index in [4.69, 9.17) is 0 Å². The van der Waals surface area contributed by atoms with Crippen LogP contribution in [-0.2, 0) is 20.0 Å². The highest BCUT2D eigenvalue weighted by molar-refractivity contribution is 7.89. The molecule has 0 saturated heterocycles. The summed E-state index contributed by atoms with van der Waals surface area (Å²) in [5.41, 5.74) is 1.04. The fraction of sp³-hybridized carbons (Fsp3) is 0.375. The molecule has 0 saturated carbocycles. The molecule has 2 N–H and O–H groups in total. The summed E-state index contributed by atoms with van der Waals surface area (Å²) in [5, 5.41) is 4.40. The van der Waals surface area contributed by atoms with Crippen molar-refractivity contribution in [3.8, 4) is 0 Å². The van der Waals surface area contributed by atoms with Gasteiger partial charge in [-0.1, -0.05) is 36.4 Å². The van der Waals surface area contributed by atoms with Crippen molar-refractivity contribution in [3.63, 3.8) is 0 Å². The van der Waals surface area contributed by atoms with Gasteiger partial charge in [-0.25, -0.2) is 26.3 Å². The van der Waals surface area contributed by atoms with Gasteiger partial charge in [-0.3, -0.25) is 9.58 Å². The quantitative estimate of drug-likeness (QED) is 0.359. The third-order valence-electron chi connectivity index (χ3n) is 5.91. The Morgan fingerprint density at radius 1 is 0.829 bits per heavy atom. The molecular formula is C24H33N5O4S2. The van der Waals surface area contributed by atoms with E-state index < -0.39 is 20.0 Å². The van der Waals surface area contributed by atoms with Gasteiger partial charge in [0.15, 0.2) is 0 Å². The standard InChI is InChI=1S/C24H33N5O4S2/c1-20-18-25-29(19-20)22(3)21(2)28(16-14-26-34(30,31)23-10-6-4-7-11-23)17-15-27-35(32,33)24-12-8-5-9-13-24/h4-13,18-19,21-22,26-27H,14-17H2,1-3H3/t21-,22-/m1/s1. The van der Waals surface area contributed by atoms with Crippen molar-refractivity contribution in [2.45, 2.75) is 42.6 Å². The maximum absolute atomic E-state index is 12.6. The predicted octanol–water partition coefficient (Wildman–Crippen LogP) is 2.40. The largest absolute Gasteiger partial charge is 0.296 e. The van der Waals surface area contributed by atoms with Crippen LogP contribution >= 0.6 is 0 Å². The van der Waals surface area contributed by atoms with Crippen molar-refractivity contribution in [3.05, 3.63) is 78.6 Å². The monoisotopic (exact) mass is 519 g/mol. The molecule has 0 spiro atoms. The lowest BCUT2D eigenvalue weighted by Gasteiger charge is -2.33. The second-order valence-corrected chi connectivity index (χ2v) is 12.0. The van der Waals surface area contributed by atoms with Gasteiger partial charge in [0.25, 0.3) is 0 Å². The minimum Gasteiger partial charge on any atom is -0.296 e. The number of aromatic nitrogens is 2. The van der Waals surface area contributed by atoms with Crippen LogP contribution in [0.2, 0.25) is 0 Å². The molecule has 0 fully saturated rings. The number of nitrogens with zero attached hydrogens (tertiary/aromatic N) is 3. The fourth-order valence-electron chi connectivity index (χ4n) is 3.71. The molecular weight excluding hydrogens is 486 g/mol. The van der Waals surface area contributed by atoms with Crippen LogP contribution in [0.4, 0.5) is 0 Å². The third-order valence-corrected chi connectivity index (χ3v) is 8.87. The molecule has 2 aromatic carbocycles. The second-order valence-electron chi connectivity index (χ2n) is 8.44. The van der Waals surface area contributed by atoms with Gasteiger partial charge in [-0.15, -0.1) is 0 Å². The highest BCUT2D eigenvalue weighted by Crippen LogP contribution is 2.17. The van der Waals surface area contributed by atoms with Crippen molar-refractivity contribution in [1.29, 1.82) is 0 Å². The summed E-state index contributed by atoms with van der Waals surface area (Å²) >= 11 is 0. The smallest absolute Gasteiger partial charge is 0.240 e. The van der Waals surface area contributed by atoms with Crippen LogP contribution in [0.15, 0.2) is 82.8 Å². The molecule has 3 rings (SSSR count). The zero-order valence-electron chi connectivity index (χ0n) is 20.2. The number of aryl methyl sites for hydroxylation is 1. The van der Waals surface area contributed by atoms with Gasteiger partial charge in [0.05, 0.1) is 22.0 Å². The molecule has 11 heteroatoms. The zero-order chi connectivity index (χ0) is 25.5. The lowest BCUT2D eigenvalue weighted by Crippen LogP contribution is -2.46. The molecule has 1 aromatic heterocycles. The molecule has 0 radical (unpaired) electrons. The molecule has 190 valence electrons. The van der Waals surface area contributed by atoms with Crippen LogP contribution in [0.1, 0.15) is 25.5 Å². The van der Waals surface area contributed by atoms with E-state index >= 15 is 0 Å². The SMILES string of the molecule is Cc1cnn([C@H](C)[C@@H](C)N(CCNS(=O)(=O)c2ccccc2)CCNS(=O)(=O)c2ccccc2)c1. The van der Waals surface area contributed by atoms with Crippen molar-refractivity contribution >= 4 is 20.0 Å². The predicted molar refractivity (Wildman–Crippen MR) is 136 cm³/mol. The number of nitrogens with one attached hydrogen (secondary N) is 2. The Hall–Kier alpha value is -2.57. The van der Waals surface area contributed by atoms with Gasteiger partial charge in [0.2, 0.25) is 20.0 Å². The van der Waals surface area contributed by atoms with Crippen LogP contribution in [0.5, 0.6) is 0 Å². The van der Waals surface area contributed by atoms with Gasteiger partial charge in [0.1, 0.15) is 0 Å². The Morgan fingerprint density at radius 3 is 1.69 bits per heavy atom. The summed E-state index contributed by atoms with van der Waals surface area (Å²) in [6.45, 7) is 7.17. The second kappa shape index (κ2) is 11.9. The number of hydrogen-bond acceptors (Lipinski definition) is 6. The van der Waals surface area contributed by atoms with Crippen LogP contribution in [-0.4, -0.2) is 63.7 Å². The van der Waals surface area contributed by atoms with E-state index in [1.54, 1.807) is 66.9 Å². The van der Waals surface area contributed by atoms with Gasteiger partial charge in [-0.2, -0.15) is 5.10 Å². The Labute approximate surface area is 208 Å². The van der Waals surface area contributed by atoms with Crippen molar-refractivity contribution < 1.29 is 16.8 Å². The third kappa shape index (κ3) is 7.45. The van der Waals surface area contributed by atoms with E-state index in [2.05, 4.69) is 19.4 Å². The summed E-state index contributed by atoms with van der Waals surface area (Å²) in [5.74, 6) is 0. The summed E-state index contributed by atoms with van der Waals surface area (Å²) in [6.07, 6.45) is 3.74. The topological polar surface area (TPSA) is 113 Å². The van der Waals surface area contributed by atoms with Crippen molar-refractivity contribution in [2.24, 2.45) is 0 Å². The highest BCUT2D eigenvalue weighted by Gasteiger charge is 2.23. The Bertz CT molecular complexity index is 1200. The highest BCUT2D eigenvalue weighted by atomic mass is 32.2. The fourth-order valence-corrected chi connectivity index (χ4v) is 5.80. The first-order valence-electron chi connectivity index (χ1n) is 11.4. The Kier molecular flexibility index (Phi) is 9.20. The van der Waals surface area contributed by atoms with Crippen LogP contribution in [0, 0.1) is 6.92 Å². The minimum absolute atomic E-state index is 0.0137. The number of rotatable bonds is 13. The van der Waals surface area contributed by atoms with E-state index in [9.17, 15) is 16.8 Å². The van der Waals surface area contributed by atoms with E-state index in [0.29, 0.717) is 13.1 Å². The summed E-state index contributed by atoms with van der Waals surface area (Å²) < 4.78 is 57.6. The lowest BCUT2D eigenvalue weighted by atomic mass is 10.1. The van der Waals surface area contributed by atoms with Gasteiger partial charge in [0, 0.05) is 38.4 Å². The Balaban J connectivity index is 1.67. The minimum atomic E-state index is -3.64. The normalized spacial score (nSPS) is 14.2. The van der Waals surface area contributed by atoms with Gasteiger partial charge < -0.3 is 0 Å². The molecule has 0 aliphatic carbocycles. The van der Waals surface area contributed by atoms with Crippen molar-refractivity contribution in [2.75, 3.05) is 26.2 Å². The number of benzene rings is 2. The lowest BCUT2D eigenvalue weighted by molar-refractivity contribution is 0.163. The molecule has 2 atom stereocenters. The van der Waals surface area contributed by atoms with Gasteiger partial charge in [-0.05, 0) is 50.6 Å². The van der Waals surface area contributed by atoms with E-state index in [1.807, 2.05) is 31.6 Å². The summed E-state index contributed by atoms with van der Waals surface area (Å²) in [4.78, 5) is 2.47. The average molecular weight is 520 g/mol. The van der Waals surface area contributed by atoms with E-state index in [0.717, 1.165) is 5.56 Å². The van der Waals surface area contributed by atoms with Crippen molar-refractivity contribution in [1.82, 2.24) is 24.1 Å². The van der Waals surface area contributed by atoms with Crippen LogP contribution < -0.4 is 9.44 Å². The number of hydrogen-bond donors (Lipinski definition) is 2. The molecule has 35 heavy (non-hydrogen) atoms. The molecule has 0 aliphatic rings. The first-order chi connectivity index (χ1) is 16.6. The average Bonchev–Trinajstić information content (AvgIpc) is 3.29. The first-order valence-corrected chi connectivity index (χ1v) is 14.4. The maximum atomic E-state index is 12.6. The van der Waals surface area contributed by atoms with Gasteiger partial charge >= 0.3 is 0 Å². The maximum Gasteiger partial charge on any atom is 0.240 e. The molecule has 0 bridgehead atoms. The number of sulfonamides is 2.